The number of Topliss-reactive ketones (excluding diaryl/α,β-unsaturated/α-hetero) is 1. The Morgan fingerprint density at radius 2 is 1.95 bits per heavy atom. The third-order valence-electron chi connectivity index (χ3n) is 6.35. The van der Waals surface area contributed by atoms with Crippen molar-refractivity contribution in [3.8, 4) is 5.75 Å². The molecular formula is C26H28FN3O7P+. The Morgan fingerprint density at radius 1 is 1.18 bits per heavy atom. The summed E-state index contributed by atoms with van der Waals surface area (Å²) in [5.41, 5.74) is 1.96. The first-order chi connectivity index (χ1) is 18.2. The van der Waals surface area contributed by atoms with Crippen molar-refractivity contribution in [1.29, 1.82) is 0 Å². The average molecular weight is 544 g/mol. The molecule has 38 heavy (non-hydrogen) atoms. The maximum atomic E-state index is 14.3. The second-order valence-corrected chi connectivity index (χ2v) is 9.69. The van der Waals surface area contributed by atoms with E-state index in [1.807, 2.05) is 30.3 Å². The molecule has 1 saturated heterocycles. The number of amides is 2. The van der Waals surface area contributed by atoms with E-state index >= 15 is 0 Å². The predicted octanol–water partition coefficient (Wildman–Crippen LogP) is 3.14. The highest BCUT2D eigenvalue weighted by Gasteiger charge is 2.39. The van der Waals surface area contributed by atoms with E-state index in [9.17, 15) is 23.3 Å². The maximum Gasteiger partial charge on any atom is 0.698 e. The number of ketones is 1. The first-order valence-electron chi connectivity index (χ1n) is 12.0. The summed E-state index contributed by atoms with van der Waals surface area (Å²) in [5, 5.41) is 3.32. The Kier molecular flexibility index (Phi) is 8.83. The summed E-state index contributed by atoms with van der Waals surface area (Å²) in [6.45, 7) is 0.919. The lowest BCUT2D eigenvalue weighted by Crippen LogP contribution is -2.47. The smallest absolute Gasteiger partial charge is 0.463 e. The summed E-state index contributed by atoms with van der Waals surface area (Å²) >= 11 is 0. The molecular weight excluding hydrogens is 516 g/mol. The second-order valence-electron chi connectivity index (χ2n) is 8.96. The third kappa shape index (κ3) is 6.61. The molecule has 1 aliphatic rings. The quantitative estimate of drug-likeness (QED) is 0.216. The van der Waals surface area contributed by atoms with Gasteiger partial charge in [-0.25, -0.2) is 4.39 Å². The van der Waals surface area contributed by atoms with Crippen molar-refractivity contribution < 1.29 is 37.5 Å². The van der Waals surface area contributed by atoms with E-state index in [0.29, 0.717) is 35.2 Å². The molecule has 1 aromatic heterocycles. The van der Waals surface area contributed by atoms with E-state index < -0.39 is 39.1 Å². The van der Waals surface area contributed by atoms with Crippen molar-refractivity contribution in [3.63, 3.8) is 0 Å². The van der Waals surface area contributed by atoms with Gasteiger partial charge in [-0.15, -0.1) is 4.89 Å². The minimum atomic E-state index is -2.82. The fraction of sp³-hybridized carbons (Fsp3) is 0.346. The normalized spacial score (nSPS) is 17.4. The second kappa shape index (κ2) is 12.3. The monoisotopic (exact) mass is 544 g/mol. The lowest BCUT2D eigenvalue weighted by Gasteiger charge is -2.24. The first kappa shape index (κ1) is 27.4. The van der Waals surface area contributed by atoms with E-state index in [4.69, 9.17) is 9.63 Å². The average Bonchev–Trinajstić information content (AvgIpc) is 3.45. The Hall–Kier alpha value is -3.66. The number of nitrogens with one attached hydrogen (secondary N) is 1. The Balaban J connectivity index is 1.46. The van der Waals surface area contributed by atoms with Gasteiger partial charge < -0.3 is 19.5 Å². The molecule has 1 fully saturated rings. The topological polar surface area (TPSA) is 127 Å². The number of rotatable bonds is 11. The van der Waals surface area contributed by atoms with E-state index in [0.717, 1.165) is 5.56 Å². The van der Waals surface area contributed by atoms with Gasteiger partial charge in [0.2, 0.25) is 18.6 Å². The number of nitrogens with zero attached hydrogens (tertiary/aromatic N) is 2. The molecule has 2 amide bonds. The van der Waals surface area contributed by atoms with E-state index in [1.54, 1.807) is 22.8 Å². The van der Waals surface area contributed by atoms with Crippen LogP contribution in [0.4, 0.5) is 4.39 Å². The number of ether oxygens (including phenoxy) is 1. The number of hydrogen-bond acceptors (Lipinski definition) is 6. The molecule has 0 aliphatic carbocycles. The summed E-state index contributed by atoms with van der Waals surface area (Å²) < 4.78 is 36.4. The molecule has 1 unspecified atom stereocenters. The molecule has 2 N–H and O–H groups in total. The zero-order valence-corrected chi connectivity index (χ0v) is 21.6. The summed E-state index contributed by atoms with van der Waals surface area (Å²) in [5.74, 6) is -0.785. The number of likely N-dealkylation sites (tertiary alicyclic amines) is 1. The highest BCUT2D eigenvalue weighted by atomic mass is 31.1. The molecule has 0 radical (unpaired) electrons. The van der Waals surface area contributed by atoms with Gasteiger partial charge >= 0.3 is 8.25 Å². The van der Waals surface area contributed by atoms with Gasteiger partial charge in [-0.3, -0.25) is 14.4 Å². The summed E-state index contributed by atoms with van der Waals surface area (Å²) in [6, 6.07) is 13.5. The molecule has 4 rings (SSSR count). The Morgan fingerprint density at radius 3 is 2.66 bits per heavy atom. The van der Waals surface area contributed by atoms with Crippen molar-refractivity contribution in [1.82, 2.24) is 14.8 Å². The van der Waals surface area contributed by atoms with Crippen molar-refractivity contribution in [2.75, 3.05) is 19.9 Å². The zero-order valence-electron chi connectivity index (χ0n) is 20.7. The predicted molar refractivity (Wildman–Crippen MR) is 137 cm³/mol. The van der Waals surface area contributed by atoms with Crippen LogP contribution in [-0.4, -0.2) is 64.1 Å². The molecule has 1 aliphatic heterocycles. The largest absolute Gasteiger partial charge is 0.698 e. The van der Waals surface area contributed by atoms with E-state index in [1.165, 1.54) is 18.0 Å². The number of aromatic nitrogens is 1. The van der Waals surface area contributed by atoms with Gasteiger partial charge in [0, 0.05) is 40.2 Å². The van der Waals surface area contributed by atoms with Crippen LogP contribution in [0.25, 0.3) is 10.9 Å². The minimum absolute atomic E-state index is 0.0732. The van der Waals surface area contributed by atoms with E-state index in [-0.39, 0.29) is 25.3 Å². The van der Waals surface area contributed by atoms with Crippen LogP contribution in [0.3, 0.4) is 0 Å². The fourth-order valence-corrected chi connectivity index (χ4v) is 4.70. The SMILES string of the molecule is CC(=O)c1cn(CC(=O)N2C[C@H](F)C[C@H]2C(=O)NCCc2ccccc2)c2ccc(OCO[P+](=O)O)cc12. The highest BCUT2D eigenvalue weighted by Crippen LogP contribution is 2.28. The molecule has 200 valence electrons. The highest BCUT2D eigenvalue weighted by molar-refractivity contribution is 7.32. The van der Waals surface area contributed by atoms with Crippen LogP contribution in [0, 0.1) is 0 Å². The van der Waals surface area contributed by atoms with Crippen molar-refractivity contribution >= 4 is 36.8 Å². The number of carbonyl (C=O) groups is 3. The molecule has 2 aromatic carbocycles. The van der Waals surface area contributed by atoms with Crippen LogP contribution in [0.1, 0.15) is 29.3 Å². The van der Waals surface area contributed by atoms with Crippen LogP contribution < -0.4 is 10.1 Å². The van der Waals surface area contributed by atoms with Gasteiger partial charge in [-0.05, 0) is 37.1 Å². The number of fused-ring (bicyclic) bond motifs is 1. The number of benzene rings is 2. The van der Waals surface area contributed by atoms with Crippen LogP contribution in [0.15, 0.2) is 54.7 Å². The van der Waals surface area contributed by atoms with Crippen LogP contribution in [0.2, 0.25) is 0 Å². The standard InChI is InChI=1S/C26H27FN3O7P/c1-17(31)22-14-29(23-8-7-20(12-21(22)23)36-16-37-38(34)35)15-25(32)30-13-19(27)11-24(30)26(33)28-10-9-18-5-3-2-4-6-18/h2-8,12,14,19,24H,9-11,13,15-16H2,1H3,(H-,28,33,34,35)/p+1/t19-,24+/m1/s1. The van der Waals surface area contributed by atoms with Crippen LogP contribution in [-0.2, 0) is 31.6 Å². The molecule has 0 bridgehead atoms. The fourth-order valence-electron chi connectivity index (χ4n) is 4.55. The lowest BCUT2D eigenvalue weighted by atomic mass is 10.1. The van der Waals surface area contributed by atoms with Gasteiger partial charge in [-0.1, -0.05) is 34.9 Å². The Labute approximate surface area is 219 Å². The molecule has 3 atom stereocenters. The van der Waals surface area contributed by atoms with E-state index in [2.05, 4.69) is 9.84 Å². The van der Waals surface area contributed by atoms with Gasteiger partial charge in [0.05, 0.1) is 6.54 Å². The minimum Gasteiger partial charge on any atom is -0.463 e. The van der Waals surface area contributed by atoms with Gasteiger partial charge in [-0.2, -0.15) is 0 Å². The zero-order chi connectivity index (χ0) is 27.2. The molecule has 0 spiro atoms. The van der Waals surface area contributed by atoms with Crippen molar-refractivity contribution in [3.05, 3.63) is 65.9 Å². The van der Waals surface area contributed by atoms with Gasteiger partial charge in [0.15, 0.2) is 5.78 Å². The molecule has 0 saturated carbocycles. The third-order valence-corrected chi connectivity index (χ3v) is 6.68. The number of halogens is 1. The number of hydrogen-bond donors (Lipinski definition) is 2. The molecule has 10 nitrogen and oxygen atoms in total. The van der Waals surface area contributed by atoms with Crippen molar-refractivity contribution in [2.45, 2.75) is 38.5 Å². The molecule has 12 heteroatoms. The number of alkyl halides is 1. The number of carbonyl (C=O) groups excluding carboxylic acids is 3. The summed E-state index contributed by atoms with van der Waals surface area (Å²) in [7, 11) is -2.82. The van der Waals surface area contributed by atoms with Crippen LogP contribution in [0.5, 0.6) is 5.75 Å². The van der Waals surface area contributed by atoms with Gasteiger partial charge in [0.25, 0.3) is 0 Å². The lowest BCUT2D eigenvalue weighted by molar-refractivity contribution is -0.138. The molecule has 3 aromatic rings. The first-order valence-corrected chi connectivity index (χ1v) is 13.2. The summed E-state index contributed by atoms with van der Waals surface area (Å²) in [6.07, 6.45) is 0.768. The maximum absolute atomic E-state index is 14.3. The Bertz CT molecular complexity index is 1350. The van der Waals surface area contributed by atoms with Gasteiger partial charge in [0.1, 0.15) is 24.5 Å². The van der Waals surface area contributed by atoms with Crippen LogP contribution >= 0.6 is 8.25 Å². The molecule has 2 heterocycles. The summed E-state index contributed by atoms with van der Waals surface area (Å²) in [4.78, 5) is 48.3. The van der Waals surface area contributed by atoms with Crippen molar-refractivity contribution in [2.24, 2.45) is 0 Å².